The van der Waals surface area contributed by atoms with Crippen molar-refractivity contribution < 1.29 is 23.5 Å². The van der Waals surface area contributed by atoms with Gasteiger partial charge in [-0.25, -0.2) is 4.39 Å². The third-order valence-electron chi connectivity index (χ3n) is 5.14. The average Bonchev–Trinajstić information content (AvgIpc) is 3.08. The fourth-order valence-electron chi connectivity index (χ4n) is 3.32. The molecule has 0 spiro atoms. The van der Waals surface area contributed by atoms with Gasteiger partial charge in [-0.1, -0.05) is 53.0 Å². The van der Waals surface area contributed by atoms with Crippen molar-refractivity contribution >= 4 is 63.8 Å². The van der Waals surface area contributed by atoms with E-state index in [-0.39, 0.29) is 23.1 Å². The highest BCUT2D eigenvalue weighted by Gasteiger charge is 2.35. The Morgan fingerprint density at radius 2 is 1.71 bits per heavy atom. The first kappa shape index (κ1) is 25.4. The zero-order valence-electron chi connectivity index (χ0n) is 18.2. The van der Waals surface area contributed by atoms with Crippen LogP contribution in [0.5, 0.6) is 11.5 Å². The summed E-state index contributed by atoms with van der Waals surface area (Å²) in [6, 6.07) is 14.1. The molecular weight excluding hydrogens is 536 g/mol. The van der Waals surface area contributed by atoms with E-state index in [0.717, 1.165) is 22.7 Å². The quantitative estimate of drug-likeness (QED) is 0.282. The van der Waals surface area contributed by atoms with Crippen LogP contribution in [0.25, 0.3) is 6.08 Å². The molecule has 4 rings (SSSR count). The fourth-order valence-corrected chi connectivity index (χ4v) is 4.89. The molecule has 3 aromatic carbocycles. The molecule has 2 amide bonds. The number of benzene rings is 3. The topological polar surface area (TPSA) is 55.8 Å². The molecule has 1 saturated heterocycles. The van der Waals surface area contributed by atoms with Crippen molar-refractivity contribution in [3.8, 4) is 11.5 Å². The van der Waals surface area contributed by atoms with Gasteiger partial charge in [-0.3, -0.25) is 14.5 Å². The highest BCUT2D eigenvalue weighted by molar-refractivity contribution is 8.18. The lowest BCUT2D eigenvalue weighted by atomic mass is 10.1. The number of imide groups is 1. The SMILES string of the molecule is COc1cc(/C=C2\SC(=O)N(Cc3ccc(F)cc3Cl)C2=O)ccc1OCc1c(Cl)cccc1Cl. The van der Waals surface area contributed by atoms with Crippen LogP contribution in [-0.2, 0) is 17.9 Å². The van der Waals surface area contributed by atoms with Gasteiger partial charge in [0.05, 0.1) is 18.6 Å². The summed E-state index contributed by atoms with van der Waals surface area (Å²) in [5.41, 5.74) is 1.76. The molecule has 1 aliphatic heterocycles. The van der Waals surface area contributed by atoms with Crippen LogP contribution in [0.15, 0.2) is 59.5 Å². The summed E-state index contributed by atoms with van der Waals surface area (Å²) in [6.45, 7) is 0.0842. The van der Waals surface area contributed by atoms with Gasteiger partial charge in [0.15, 0.2) is 11.5 Å². The summed E-state index contributed by atoms with van der Waals surface area (Å²) in [6.07, 6.45) is 1.59. The minimum absolute atomic E-state index is 0.0537. The molecule has 0 aliphatic carbocycles. The number of carbonyl (C=O) groups excluding carboxylic acids is 2. The largest absolute Gasteiger partial charge is 0.493 e. The maximum absolute atomic E-state index is 13.3. The summed E-state index contributed by atoms with van der Waals surface area (Å²) in [5.74, 6) is -0.0730. The van der Waals surface area contributed by atoms with Gasteiger partial charge in [-0.05, 0) is 65.4 Å². The lowest BCUT2D eigenvalue weighted by Crippen LogP contribution is -2.27. The van der Waals surface area contributed by atoms with E-state index in [1.807, 2.05) is 0 Å². The summed E-state index contributed by atoms with van der Waals surface area (Å²) < 4.78 is 24.6. The van der Waals surface area contributed by atoms with Crippen molar-refractivity contribution in [2.75, 3.05) is 7.11 Å². The summed E-state index contributed by atoms with van der Waals surface area (Å²) >= 11 is 19.3. The van der Waals surface area contributed by atoms with Crippen LogP contribution < -0.4 is 9.47 Å². The molecule has 180 valence electrons. The Morgan fingerprint density at radius 1 is 0.971 bits per heavy atom. The van der Waals surface area contributed by atoms with Gasteiger partial charge in [-0.2, -0.15) is 0 Å². The summed E-state index contributed by atoms with van der Waals surface area (Å²) in [5, 5.41) is 0.688. The number of amides is 2. The van der Waals surface area contributed by atoms with Crippen molar-refractivity contribution in [2.24, 2.45) is 0 Å². The molecular formula is C25H17Cl3FNO4S. The van der Waals surface area contributed by atoms with Crippen LogP contribution in [0.3, 0.4) is 0 Å². The molecule has 1 aliphatic rings. The highest BCUT2D eigenvalue weighted by Crippen LogP contribution is 2.36. The van der Waals surface area contributed by atoms with Crippen molar-refractivity contribution in [3.05, 3.63) is 97.1 Å². The lowest BCUT2D eigenvalue weighted by Gasteiger charge is -2.14. The third-order valence-corrected chi connectivity index (χ3v) is 7.10. The molecule has 0 radical (unpaired) electrons. The lowest BCUT2D eigenvalue weighted by molar-refractivity contribution is -0.123. The van der Waals surface area contributed by atoms with E-state index in [1.54, 1.807) is 42.5 Å². The molecule has 3 aromatic rings. The normalized spacial score (nSPS) is 14.7. The molecule has 0 saturated carbocycles. The maximum Gasteiger partial charge on any atom is 0.293 e. The van der Waals surface area contributed by atoms with E-state index in [1.165, 1.54) is 19.2 Å². The molecule has 5 nitrogen and oxygen atoms in total. The Hall–Kier alpha value is -2.71. The standard InChI is InChI=1S/C25H17Cl3FNO4S/c1-33-22-9-14(5-8-21(22)34-13-17-18(26)3-2-4-19(17)27)10-23-24(31)30(25(32)35-23)12-15-6-7-16(29)11-20(15)28/h2-11H,12-13H2,1H3/b23-10-. The number of nitrogens with zero attached hydrogens (tertiary/aromatic N) is 1. The second-order valence-corrected chi connectivity index (χ2v) is 9.62. The average molecular weight is 553 g/mol. The van der Waals surface area contributed by atoms with Gasteiger partial charge in [0, 0.05) is 20.6 Å². The molecule has 1 fully saturated rings. The predicted molar refractivity (Wildman–Crippen MR) is 137 cm³/mol. The second kappa shape index (κ2) is 10.9. The number of methoxy groups -OCH3 is 1. The van der Waals surface area contributed by atoms with Crippen LogP contribution >= 0.6 is 46.6 Å². The van der Waals surface area contributed by atoms with Crippen LogP contribution in [0, 0.1) is 5.82 Å². The van der Waals surface area contributed by atoms with Gasteiger partial charge >= 0.3 is 0 Å². The molecule has 0 aromatic heterocycles. The number of hydrogen-bond donors (Lipinski definition) is 0. The number of carbonyl (C=O) groups is 2. The zero-order chi connectivity index (χ0) is 25.1. The molecule has 0 unspecified atom stereocenters. The van der Waals surface area contributed by atoms with Crippen molar-refractivity contribution in [3.63, 3.8) is 0 Å². The molecule has 0 bridgehead atoms. The van der Waals surface area contributed by atoms with Gasteiger partial charge < -0.3 is 9.47 Å². The summed E-state index contributed by atoms with van der Waals surface area (Å²) in [7, 11) is 1.49. The molecule has 0 N–H and O–H groups in total. The van der Waals surface area contributed by atoms with Crippen LogP contribution in [0.1, 0.15) is 16.7 Å². The van der Waals surface area contributed by atoms with Gasteiger partial charge in [0.1, 0.15) is 12.4 Å². The van der Waals surface area contributed by atoms with E-state index in [9.17, 15) is 14.0 Å². The number of rotatable bonds is 7. The first-order valence-electron chi connectivity index (χ1n) is 10.2. The van der Waals surface area contributed by atoms with Gasteiger partial charge in [-0.15, -0.1) is 0 Å². The van der Waals surface area contributed by atoms with Crippen molar-refractivity contribution in [1.29, 1.82) is 0 Å². The monoisotopic (exact) mass is 551 g/mol. The van der Waals surface area contributed by atoms with E-state index < -0.39 is 17.0 Å². The molecule has 1 heterocycles. The zero-order valence-corrected chi connectivity index (χ0v) is 21.3. The Kier molecular flexibility index (Phi) is 7.91. The van der Waals surface area contributed by atoms with E-state index in [0.29, 0.717) is 38.2 Å². The second-order valence-electron chi connectivity index (χ2n) is 7.40. The first-order valence-corrected chi connectivity index (χ1v) is 12.1. The number of hydrogen-bond acceptors (Lipinski definition) is 5. The van der Waals surface area contributed by atoms with E-state index in [4.69, 9.17) is 44.3 Å². The van der Waals surface area contributed by atoms with Crippen LogP contribution in [-0.4, -0.2) is 23.2 Å². The third kappa shape index (κ3) is 5.76. The summed E-state index contributed by atoms with van der Waals surface area (Å²) in [4.78, 5) is 26.6. The van der Waals surface area contributed by atoms with E-state index in [2.05, 4.69) is 0 Å². The molecule has 35 heavy (non-hydrogen) atoms. The van der Waals surface area contributed by atoms with Gasteiger partial charge in [0.2, 0.25) is 0 Å². The Balaban J connectivity index is 1.51. The van der Waals surface area contributed by atoms with Crippen LogP contribution in [0.2, 0.25) is 15.1 Å². The van der Waals surface area contributed by atoms with Crippen LogP contribution in [0.4, 0.5) is 9.18 Å². The van der Waals surface area contributed by atoms with E-state index >= 15 is 0 Å². The Labute approximate surface area is 220 Å². The van der Waals surface area contributed by atoms with Crippen molar-refractivity contribution in [1.82, 2.24) is 4.90 Å². The Bertz CT molecular complexity index is 1330. The number of halogens is 4. The van der Waals surface area contributed by atoms with Crippen molar-refractivity contribution in [2.45, 2.75) is 13.2 Å². The minimum Gasteiger partial charge on any atom is -0.493 e. The first-order chi connectivity index (χ1) is 16.8. The Morgan fingerprint density at radius 3 is 2.40 bits per heavy atom. The van der Waals surface area contributed by atoms with Gasteiger partial charge in [0.25, 0.3) is 11.1 Å². The number of ether oxygens (including phenoxy) is 2. The predicted octanol–water partition coefficient (Wildman–Crippen LogP) is 7.61. The minimum atomic E-state index is -0.496. The molecule has 0 atom stereocenters. The smallest absolute Gasteiger partial charge is 0.293 e. The highest BCUT2D eigenvalue weighted by atomic mass is 35.5. The molecule has 10 heteroatoms. The fraction of sp³-hybridized carbons (Fsp3) is 0.120. The number of thioether (sulfide) groups is 1. The maximum atomic E-state index is 13.3.